The van der Waals surface area contributed by atoms with Crippen molar-refractivity contribution in [2.45, 2.75) is 0 Å². The molecule has 0 aliphatic rings. The van der Waals surface area contributed by atoms with Crippen LogP contribution in [-0.2, 0) is 0 Å². The number of rotatable bonds is 2. The summed E-state index contributed by atoms with van der Waals surface area (Å²) < 4.78 is 19.2. The van der Waals surface area contributed by atoms with E-state index in [4.69, 9.17) is 4.52 Å². The Morgan fingerprint density at radius 1 is 1.15 bits per heavy atom. The molecule has 0 amide bonds. The molecular weight excluding hydrogens is 327 g/mol. The Hall–Kier alpha value is -2.21. The predicted molar refractivity (Wildman–Crippen MR) is 74.5 cm³/mol. The standard InChI is InChI=1S/C14H8BrFN2O2/c15-9-3-1-2-8(6-9)13-17-14(20-18-13)11-7-10(16)4-5-12(11)19/h1-7,19H. The zero-order chi connectivity index (χ0) is 14.1. The van der Waals surface area contributed by atoms with Crippen LogP contribution in [0.15, 0.2) is 51.5 Å². The van der Waals surface area contributed by atoms with Crippen LogP contribution in [0.2, 0.25) is 0 Å². The fourth-order valence-corrected chi connectivity index (χ4v) is 2.16. The van der Waals surface area contributed by atoms with Crippen molar-refractivity contribution < 1.29 is 14.0 Å². The maximum Gasteiger partial charge on any atom is 0.262 e. The molecule has 0 aliphatic carbocycles. The zero-order valence-corrected chi connectivity index (χ0v) is 11.6. The maximum atomic E-state index is 13.2. The molecule has 4 nitrogen and oxygen atoms in total. The van der Waals surface area contributed by atoms with Crippen molar-refractivity contribution in [2.75, 3.05) is 0 Å². The summed E-state index contributed by atoms with van der Waals surface area (Å²) in [7, 11) is 0. The van der Waals surface area contributed by atoms with Crippen LogP contribution < -0.4 is 0 Å². The van der Waals surface area contributed by atoms with Gasteiger partial charge in [-0.15, -0.1) is 0 Å². The van der Waals surface area contributed by atoms with Gasteiger partial charge in [0.05, 0.1) is 5.56 Å². The van der Waals surface area contributed by atoms with Gasteiger partial charge < -0.3 is 9.63 Å². The Bertz CT molecular complexity index is 773. The van der Waals surface area contributed by atoms with Crippen molar-refractivity contribution in [1.29, 1.82) is 0 Å². The number of benzene rings is 2. The van der Waals surface area contributed by atoms with E-state index in [2.05, 4.69) is 26.1 Å². The van der Waals surface area contributed by atoms with Crippen LogP contribution in [0, 0.1) is 5.82 Å². The molecule has 0 fully saturated rings. The van der Waals surface area contributed by atoms with Gasteiger partial charge in [0.25, 0.3) is 5.89 Å². The van der Waals surface area contributed by atoms with E-state index in [1.54, 1.807) is 0 Å². The molecule has 20 heavy (non-hydrogen) atoms. The van der Waals surface area contributed by atoms with E-state index in [1.165, 1.54) is 6.07 Å². The summed E-state index contributed by atoms with van der Waals surface area (Å²) in [6, 6.07) is 10.9. The third-order valence-corrected chi connectivity index (χ3v) is 3.19. The molecule has 0 bridgehead atoms. The van der Waals surface area contributed by atoms with Gasteiger partial charge in [-0.05, 0) is 30.3 Å². The predicted octanol–water partition coefficient (Wildman–Crippen LogP) is 4.01. The largest absolute Gasteiger partial charge is 0.507 e. The fourth-order valence-electron chi connectivity index (χ4n) is 1.76. The van der Waals surface area contributed by atoms with Gasteiger partial charge >= 0.3 is 0 Å². The molecule has 0 aliphatic heterocycles. The highest BCUT2D eigenvalue weighted by molar-refractivity contribution is 9.10. The number of phenolic OH excluding ortho intramolecular Hbond substituents is 1. The van der Waals surface area contributed by atoms with Gasteiger partial charge in [-0.25, -0.2) is 4.39 Å². The maximum absolute atomic E-state index is 13.2. The highest BCUT2D eigenvalue weighted by Gasteiger charge is 2.14. The molecular formula is C14H8BrFN2O2. The third kappa shape index (κ3) is 2.42. The van der Waals surface area contributed by atoms with Crippen molar-refractivity contribution in [1.82, 2.24) is 10.1 Å². The second-order valence-electron chi connectivity index (χ2n) is 4.09. The molecule has 0 radical (unpaired) electrons. The summed E-state index contributed by atoms with van der Waals surface area (Å²) >= 11 is 3.36. The molecule has 0 saturated heterocycles. The number of hydrogen-bond donors (Lipinski definition) is 1. The van der Waals surface area contributed by atoms with Gasteiger partial charge in [-0.3, -0.25) is 0 Å². The van der Waals surface area contributed by atoms with Crippen LogP contribution in [0.4, 0.5) is 4.39 Å². The lowest BCUT2D eigenvalue weighted by Crippen LogP contribution is -1.83. The number of phenols is 1. The molecule has 100 valence electrons. The smallest absolute Gasteiger partial charge is 0.262 e. The van der Waals surface area contributed by atoms with Crippen LogP contribution in [0.5, 0.6) is 5.75 Å². The van der Waals surface area contributed by atoms with Gasteiger partial charge in [0.1, 0.15) is 11.6 Å². The summed E-state index contributed by atoms with van der Waals surface area (Å²) in [5, 5.41) is 13.5. The summed E-state index contributed by atoms with van der Waals surface area (Å²) in [5.74, 6) is -0.169. The van der Waals surface area contributed by atoms with E-state index in [-0.39, 0.29) is 17.2 Å². The Labute approximate surface area is 122 Å². The Morgan fingerprint density at radius 2 is 2.00 bits per heavy atom. The summed E-state index contributed by atoms with van der Waals surface area (Å²) in [5.41, 5.74) is 0.920. The second kappa shape index (κ2) is 5.05. The Kier molecular flexibility index (Phi) is 3.23. The first kappa shape index (κ1) is 12.8. The average Bonchev–Trinajstić information content (AvgIpc) is 2.91. The van der Waals surface area contributed by atoms with Gasteiger partial charge in [0, 0.05) is 10.0 Å². The van der Waals surface area contributed by atoms with Crippen LogP contribution in [0.3, 0.4) is 0 Å². The van der Waals surface area contributed by atoms with Crippen molar-refractivity contribution in [3.05, 3.63) is 52.8 Å². The molecule has 3 aromatic rings. The minimum absolute atomic E-state index is 0.0666. The summed E-state index contributed by atoms with van der Waals surface area (Å²) in [6.45, 7) is 0. The molecule has 0 unspecified atom stereocenters. The van der Waals surface area contributed by atoms with Crippen LogP contribution in [0.25, 0.3) is 22.8 Å². The lowest BCUT2D eigenvalue weighted by atomic mass is 10.2. The summed E-state index contributed by atoms with van der Waals surface area (Å²) in [4.78, 5) is 4.17. The number of nitrogens with zero attached hydrogens (tertiary/aromatic N) is 2. The molecule has 3 rings (SSSR count). The van der Waals surface area contributed by atoms with Crippen molar-refractivity contribution in [3.8, 4) is 28.6 Å². The normalized spacial score (nSPS) is 10.7. The minimum Gasteiger partial charge on any atom is -0.507 e. The van der Waals surface area contributed by atoms with E-state index >= 15 is 0 Å². The lowest BCUT2D eigenvalue weighted by molar-refractivity contribution is 0.425. The SMILES string of the molecule is Oc1ccc(F)cc1-c1nc(-c2cccc(Br)c2)no1. The first-order valence-electron chi connectivity index (χ1n) is 5.72. The zero-order valence-electron chi connectivity index (χ0n) is 10.0. The molecule has 6 heteroatoms. The van der Waals surface area contributed by atoms with E-state index in [0.717, 1.165) is 22.2 Å². The van der Waals surface area contributed by atoms with Crippen molar-refractivity contribution in [3.63, 3.8) is 0 Å². The molecule has 2 aromatic carbocycles. The topological polar surface area (TPSA) is 59.2 Å². The monoisotopic (exact) mass is 334 g/mol. The van der Waals surface area contributed by atoms with E-state index < -0.39 is 5.82 Å². The van der Waals surface area contributed by atoms with E-state index in [0.29, 0.717) is 5.82 Å². The Balaban J connectivity index is 2.04. The quantitative estimate of drug-likeness (QED) is 0.769. The molecule has 0 saturated carbocycles. The van der Waals surface area contributed by atoms with Crippen LogP contribution in [0.1, 0.15) is 0 Å². The highest BCUT2D eigenvalue weighted by atomic mass is 79.9. The molecule has 1 heterocycles. The van der Waals surface area contributed by atoms with E-state index in [9.17, 15) is 9.50 Å². The number of aromatic hydroxyl groups is 1. The van der Waals surface area contributed by atoms with Crippen molar-refractivity contribution >= 4 is 15.9 Å². The summed E-state index contributed by atoms with van der Waals surface area (Å²) in [6.07, 6.45) is 0. The fraction of sp³-hybridized carbons (Fsp3) is 0. The lowest BCUT2D eigenvalue weighted by Gasteiger charge is -1.98. The third-order valence-electron chi connectivity index (χ3n) is 2.70. The van der Waals surface area contributed by atoms with E-state index in [1.807, 2.05) is 24.3 Å². The van der Waals surface area contributed by atoms with Gasteiger partial charge in [-0.1, -0.05) is 33.2 Å². The first-order valence-corrected chi connectivity index (χ1v) is 6.51. The minimum atomic E-state index is -0.486. The van der Waals surface area contributed by atoms with Crippen LogP contribution in [-0.4, -0.2) is 15.2 Å². The molecule has 1 aromatic heterocycles. The number of hydrogen-bond acceptors (Lipinski definition) is 4. The van der Waals surface area contributed by atoms with Gasteiger partial charge in [0.2, 0.25) is 5.82 Å². The molecule has 1 N–H and O–H groups in total. The highest BCUT2D eigenvalue weighted by Crippen LogP contribution is 2.30. The average molecular weight is 335 g/mol. The molecule has 0 spiro atoms. The van der Waals surface area contributed by atoms with Gasteiger partial charge in [0.15, 0.2) is 0 Å². The second-order valence-corrected chi connectivity index (χ2v) is 5.01. The first-order chi connectivity index (χ1) is 9.63. The molecule has 0 atom stereocenters. The van der Waals surface area contributed by atoms with Gasteiger partial charge in [-0.2, -0.15) is 4.98 Å². The number of halogens is 2. The van der Waals surface area contributed by atoms with Crippen LogP contribution >= 0.6 is 15.9 Å². The number of aromatic nitrogens is 2. The Morgan fingerprint density at radius 3 is 2.80 bits per heavy atom. The van der Waals surface area contributed by atoms with Crippen molar-refractivity contribution in [2.24, 2.45) is 0 Å².